The van der Waals surface area contributed by atoms with Gasteiger partial charge in [0.1, 0.15) is 83.3 Å². The van der Waals surface area contributed by atoms with Crippen LogP contribution in [-0.2, 0) is 19.0 Å². The number of hydrogen-bond acceptors (Lipinski definition) is 19. The molecule has 312 valence electrons. The molecule has 10 atom stereocenters. The summed E-state index contributed by atoms with van der Waals surface area (Å²) in [6.07, 6.45) is -14.1. The van der Waals surface area contributed by atoms with Crippen LogP contribution in [0.15, 0.2) is 57.8 Å². The molecular weight excluding hydrogens is 772 g/mol. The van der Waals surface area contributed by atoms with Crippen LogP contribution in [-0.4, -0.2) is 134 Å². The van der Waals surface area contributed by atoms with Crippen molar-refractivity contribution in [3.63, 3.8) is 0 Å². The van der Waals surface area contributed by atoms with Crippen LogP contribution in [0.3, 0.4) is 0 Å². The van der Waals surface area contributed by atoms with Gasteiger partial charge in [-0.2, -0.15) is 0 Å². The monoisotopic (exact) mass is 814 g/mol. The summed E-state index contributed by atoms with van der Waals surface area (Å²) in [7, 11) is 2.96. The van der Waals surface area contributed by atoms with Crippen LogP contribution in [0.4, 0.5) is 0 Å². The second kappa shape index (κ2) is 17.1. The minimum atomic E-state index is -2.02. The normalized spacial score (nSPS) is 27.3. The van der Waals surface area contributed by atoms with Crippen molar-refractivity contribution in [2.75, 3.05) is 20.8 Å². The summed E-state index contributed by atoms with van der Waals surface area (Å²) >= 11 is 0. The van der Waals surface area contributed by atoms with Crippen molar-refractivity contribution >= 4 is 23.0 Å². The first kappa shape index (κ1) is 42.0. The van der Waals surface area contributed by atoms with Gasteiger partial charge in [-0.3, -0.25) is 4.79 Å². The van der Waals surface area contributed by atoms with Gasteiger partial charge in [-0.15, -0.1) is 0 Å². The number of phenolic OH excluding ortho intramolecular Hbond substituents is 3. The standard InChI is InChI=1S/C39H42O19/c1-15-23(51-3)9-17(10-24(15)52-4)5-8-27(43)53-14-26-30(45)33(48)35(50)39(57-26)58-37-31(46)28-22(42)12-19(55-38-34(49)32(47)29(44)16(2)54-38)13-25(28)56-36(37)18-6-7-20(40)21(41)11-18/h5-13,16,26,29-30,32-35,38-42,44-45,47-50H,14H2,1-4H3/b8-5+/t16?,26?,29-,30+,32-,33-,34?,35?,38-,39-/m0/s1. The zero-order chi connectivity index (χ0) is 42.2. The third-order valence-electron chi connectivity index (χ3n) is 9.68. The Balaban J connectivity index is 1.28. The summed E-state index contributed by atoms with van der Waals surface area (Å²) < 4.78 is 44.5. The molecule has 2 aliphatic rings. The molecular formula is C39H42O19. The van der Waals surface area contributed by atoms with E-state index in [0.29, 0.717) is 17.1 Å². The molecule has 0 aliphatic carbocycles. The number of aliphatic hydroxyl groups excluding tert-OH is 6. The first-order chi connectivity index (χ1) is 27.5. The van der Waals surface area contributed by atoms with Gasteiger partial charge in [0.25, 0.3) is 0 Å². The lowest BCUT2D eigenvalue weighted by Gasteiger charge is -2.39. The largest absolute Gasteiger partial charge is 0.507 e. The molecule has 2 saturated heterocycles. The molecule has 58 heavy (non-hydrogen) atoms. The zero-order valence-corrected chi connectivity index (χ0v) is 31.3. The van der Waals surface area contributed by atoms with Crippen LogP contribution >= 0.6 is 0 Å². The number of aliphatic hydroxyl groups is 6. The summed E-state index contributed by atoms with van der Waals surface area (Å²) in [5.74, 6) is -3.22. The predicted molar refractivity (Wildman–Crippen MR) is 197 cm³/mol. The first-order valence-corrected chi connectivity index (χ1v) is 17.7. The zero-order valence-electron chi connectivity index (χ0n) is 31.3. The number of esters is 1. The van der Waals surface area contributed by atoms with Crippen molar-refractivity contribution < 1.29 is 88.3 Å². The fourth-order valence-electron chi connectivity index (χ4n) is 6.38. The molecule has 3 aromatic carbocycles. The molecule has 2 fully saturated rings. The lowest BCUT2D eigenvalue weighted by atomic mass is 9.99. The van der Waals surface area contributed by atoms with Gasteiger partial charge in [-0.1, -0.05) is 0 Å². The molecule has 0 amide bonds. The topological polar surface area (TPSA) is 294 Å². The molecule has 0 bridgehead atoms. The van der Waals surface area contributed by atoms with Crippen molar-refractivity contribution in [2.24, 2.45) is 0 Å². The first-order valence-electron chi connectivity index (χ1n) is 17.7. The van der Waals surface area contributed by atoms with Crippen LogP contribution in [0.25, 0.3) is 28.4 Å². The maximum absolute atomic E-state index is 14.1. The van der Waals surface area contributed by atoms with Crippen LogP contribution in [0.1, 0.15) is 18.1 Å². The van der Waals surface area contributed by atoms with Gasteiger partial charge >= 0.3 is 5.97 Å². The van der Waals surface area contributed by atoms with Gasteiger partial charge in [0.05, 0.1) is 20.3 Å². The van der Waals surface area contributed by atoms with Crippen LogP contribution in [0.5, 0.6) is 40.2 Å². The second-order valence-corrected chi connectivity index (χ2v) is 13.6. The number of aromatic hydroxyl groups is 3. The Bertz CT molecular complexity index is 2210. The van der Waals surface area contributed by atoms with Gasteiger partial charge in [-0.25, -0.2) is 4.79 Å². The fourth-order valence-corrected chi connectivity index (χ4v) is 6.38. The smallest absolute Gasteiger partial charge is 0.330 e. The SMILES string of the molecule is COc1cc(/C=C/C(=O)OCC2O[C@@H](Oc3c(-c4ccc(O)c(O)c4)oc4cc(O[C@@H]5OC(C)[C@H](O)[C@H](O)C5O)cc(O)c4c3=O)C(O)[C@@H](O)[C@@H]2O)cc(OC)c1C. The third kappa shape index (κ3) is 8.33. The molecule has 3 heterocycles. The van der Waals surface area contributed by atoms with E-state index in [1.165, 1.54) is 33.3 Å². The molecule has 0 saturated carbocycles. The summed E-state index contributed by atoms with van der Waals surface area (Å²) in [5.41, 5.74) is -0.245. The number of ether oxygens (including phenoxy) is 7. The van der Waals surface area contributed by atoms with Gasteiger partial charge in [0.15, 0.2) is 17.3 Å². The highest BCUT2D eigenvalue weighted by Gasteiger charge is 2.46. The van der Waals surface area contributed by atoms with Gasteiger partial charge in [0, 0.05) is 29.3 Å². The average molecular weight is 815 g/mol. The van der Waals surface area contributed by atoms with E-state index in [2.05, 4.69) is 0 Å². The highest BCUT2D eigenvalue weighted by Crippen LogP contribution is 2.40. The minimum absolute atomic E-state index is 0.0842. The minimum Gasteiger partial charge on any atom is -0.507 e. The summed E-state index contributed by atoms with van der Waals surface area (Å²) in [6, 6.07) is 8.70. The highest BCUT2D eigenvalue weighted by atomic mass is 16.7. The van der Waals surface area contributed by atoms with E-state index in [-0.39, 0.29) is 16.9 Å². The lowest BCUT2D eigenvalue weighted by molar-refractivity contribution is -0.278. The number of benzene rings is 3. The van der Waals surface area contributed by atoms with E-state index in [1.54, 1.807) is 19.1 Å². The quantitative estimate of drug-likeness (QED) is 0.0567. The molecule has 2 aliphatic heterocycles. The van der Waals surface area contributed by atoms with E-state index in [1.807, 2.05) is 0 Å². The van der Waals surface area contributed by atoms with E-state index in [0.717, 1.165) is 35.9 Å². The lowest BCUT2D eigenvalue weighted by Crippen LogP contribution is -2.60. The Morgan fingerprint density at radius 1 is 0.759 bits per heavy atom. The maximum Gasteiger partial charge on any atom is 0.330 e. The maximum atomic E-state index is 14.1. The van der Waals surface area contributed by atoms with Crippen molar-refractivity contribution in [1.82, 2.24) is 0 Å². The van der Waals surface area contributed by atoms with Crippen LogP contribution < -0.4 is 24.4 Å². The third-order valence-corrected chi connectivity index (χ3v) is 9.68. The van der Waals surface area contributed by atoms with Crippen molar-refractivity contribution in [2.45, 2.75) is 75.3 Å². The number of fused-ring (bicyclic) bond motifs is 1. The Kier molecular flexibility index (Phi) is 12.4. The van der Waals surface area contributed by atoms with Crippen LogP contribution in [0.2, 0.25) is 0 Å². The summed E-state index contributed by atoms with van der Waals surface area (Å²) in [5, 5.41) is 93.8. The number of rotatable bonds is 11. The number of phenols is 3. The predicted octanol–water partition coefficient (Wildman–Crippen LogP) is 0.552. The fraction of sp³-hybridized carbons (Fsp3) is 0.385. The second-order valence-electron chi connectivity index (χ2n) is 13.6. The van der Waals surface area contributed by atoms with Crippen LogP contribution in [0, 0.1) is 6.92 Å². The Hall–Kier alpha value is -5.64. The Labute approximate surface area is 328 Å². The Morgan fingerprint density at radius 3 is 2.03 bits per heavy atom. The molecule has 1 aromatic heterocycles. The average Bonchev–Trinajstić information content (AvgIpc) is 3.19. The molecule has 19 heteroatoms. The number of carbonyl (C=O) groups excluding carboxylic acids is 1. The van der Waals surface area contributed by atoms with E-state index >= 15 is 0 Å². The molecule has 0 spiro atoms. The Morgan fingerprint density at radius 2 is 1.40 bits per heavy atom. The van der Waals surface area contributed by atoms with Gasteiger partial charge in [0.2, 0.25) is 23.8 Å². The van der Waals surface area contributed by atoms with Crippen molar-refractivity contribution in [1.29, 1.82) is 0 Å². The van der Waals surface area contributed by atoms with Gasteiger partial charge < -0.3 is 83.5 Å². The molecule has 9 N–H and O–H groups in total. The number of methoxy groups -OCH3 is 2. The van der Waals surface area contributed by atoms with E-state index in [9.17, 15) is 55.5 Å². The molecule has 4 unspecified atom stereocenters. The van der Waals surface area contributed by atoms with Crippen molar-refractivity contribution in [3.05, 3.63) is 69.9 Å². The van der Waals surface area contributed by atoms with Gasteiger partial charge in [-0.05, 0) is 55.8 Å². The summed E-state index contributed by atoms with van der Waals surface area (Å²) in [4.78, 5) is 26.8. The molecule has 4 aromatic rings. The molecule has 19 nitrogen and oxygen atoms in total. The van der Waals surface area contributed by atoms with E-state index in [4.69, 9.17) is 37.6 Å². The van der Waals surface area contributed by atoms with Crippen molar-refractivity contribution in [3.8, 4) is 51.6 Å². The molecule has 6 rings (SSSR count). The number of carbonyl (C=O) groups is 1. The van der Waals surface area contributed by atoms with E-state index < -0.39 is 114 Å². The highest BCUT2D eigenvalue weighted by molar-refractivity contribution is 5.89. The number of hydrogen-bond donors (Lipinski definition) is 9. The molecule has 0 radical (unpaired) electrons. The summed E-state index contributed by atoms with van der Waals surface area (Å²) in [6.45, 7) is 2.55.